The number of hydrogen-bond acceptors (Lipinski definition) is 4. The fraction of sp³-hybridized carbons (Fsp3) is 0.765. The summed E-state index contributed by atoms with van der Waals surface area (Å²) in [6.45, 7) is 14.7. The molecule has 0 bridgehead atoms. The van der Waals surface area contributed by atoms with Crippen molar-refractivity contribution in [2.45, 2.75) is 78.4 Å². The van der Waals surface area contributed by atoms with E-state index in [0.29, 0.717) is 6.54 Å². The molecule has 2 rings (SSSR count). The highest BCUT2D eigenvalue weighted by Crippen LogP contribution is 2.39. The summed E-state index contributed by atoms with van der Waals surface area (Å²) < 4.78 is 11.0. The number of nitrogens with zero attached hydrogens (tertiary/aromatic N) is 2. The number of ether oxygens (including phenoxy) is 1. The molecular formula is C17H28N2O3. The number of likely N-dealkylation sites (tertiary alicyclic amines) is 1. The smallest absolute Gasteiger partial charge is 0.410 e. The van der Waals surface area contributed by atoms with Crippen molar-refractivity contribution in [2.24, 2.45) is 0 Å². The van der Waals surface area contributed by atoms with E-state index in [4.69, 9.17) is 9.26 Å². The van der Waals surface area contributed by atoms with Gasteiger partial charge in [-0.15, -0.1) is 0 Å². The van der Waals surface area contributed by atoms with Gasteiger partial charge < -0.3 is 9.26 Å². The Morgan fingerprint density at radius 3 is 2.45 bits per heavy atom. The Kier molecular flexibility index (Phi) is 4.28. The van der Waals surface area contributed by atoms with E-state index in [9.17, 15) is 4.79 Å². The average Bonchev–Trinajstić information content (AvgIpc) is 2.90. The van der Waals surface area contributed by atoms with E-state index in [1.807, 2.05) is 27.7 Å². The van der Waals surface area contributed by atoms with E-state index in [1.54, 1.807) is 4.90 Å². The lowest BCUT2D eigenvalue weighted by molar-refractivity contribution is 0.0218. The van der Waals surface area contributed by atoms with Gasteiger partial charge in [-0.2, -0.15) is 0 Å². The quantitative estimate of drug-likeness (QED) is 0.774. The van der Waals surface area contributed by atoms with Gasteiger partial charge in [0.25, 0.3) is 0 Å². The van der Waals surface area contributed by atoms with Crippen LogP contribution in [0.3, 0.4) is 0 Å². The maximum atomic E-state index is 12.5. The normalized spacial score (nSPS) is 19.6. The molecule has 5 nitrogen and oxygen atoms in total. The van der Waals surface area contributed by atoms with Crippen LogP contribution < -0.4 is 0 Å². The molecule has 0 N–H and O–H groups in total. The molecule has 1 aliphatic heterocycles. The lowest BCUT2D eigenvalue weighted by Gasteiger charge is -2.29. The van der Waals surface area contributed by atoms with Crippen LogP contribution in [0.15, 0.2) is 4.52 Å². The minimum absolute atomic E-state index is 0.0541. The van der Waals surface area contributed by atoms with Crippen molar-refractivity contribution < 1.29 is 14.1 Å². The third-order valence-electron chi connectivity index (χ3n) is 3.84. The molecule has 1 aliphatic rings. The third kappa shape index (κ3) is 3.45. The third-order valence-corrected chi connectivity index (χ3v) is 3.84. The van der Waals surface area contributed by atoms with Crippen LogP contribution in [0.25, 0.3) is 0 Å². The molecule has 1 atom stereocenters. The Balaban J connectivity index is 2.31. The number of carbonyl (C=O) groups excluding carboxylic acids is 1. The van der Waals surface area contributed by atoms with E-state index < -0.39 is 5.60 Å². The summed E-state index contributed by atoms with van der Waals surface area (Å²) in [6, 6.07) is -0.0541. The second-order valence-electron chi connectivity index (χ2n) is 8.08. The second kappa shape index (κ2) is 5.60. The zero-order chi connectivity index (χ0) is 16.7. The van der Waals surface area contributed by atoms with E-state index in [2.05, 4.69) is 25.9 Å². The molecule has 124 valence electrons. The van der Waals surface area contributed by atoms with E-state index in [0.717, 1.165) is 29.9 Å². The molecule has 1 unspecified atom stereocenters. The maximum absolute atomic E-state index is 12.5. The van der Waals surface area contributed by atoms with E-state index >= 15 is 0 Å². The molecule has 1 saturated heterocycles. The van der Waals surface area contributed by atoms with Crippen molar-refractivity contribution >= 4 is 6.09 Å². The number of rotatable bonds is 1. The van der Waals surface area contributed by atoms with Crippen LogP contribution in [0.4, 0.5) is 4.79 Å². The first-order valence-electron chi connectivity index (χ1n) is 7.97. The fourth-order valence-corrected chi connectivity index (χ4v) is 3.12. The predicted molar refractivity (Wildman–Crippen MR) is 84.9 cm³/mol. The van der Waals surface area contributed by atoms with Gasteiger partial charge in [-0.1, -0.05) is 25.9 Å². The topological polar surface area (TPSA) is 55.6 Å². The van der Waals surface area contributed by atoms with Crippen LogP contribution in [0.5, 0.6) is 0 Å². The molecule has 1 amide bonds. The van der Waals surface area contributed by atoms with Crippen molar-refractivity contribution in [2.75, 3.05) is 6.54 Å². The molecule has 1 aromatic rings. The molecule has 5 heteroatoms. The Hall–Kier alpha value is -1.52. The molecule has 2 heterocycles. The lowest BCUT2D eigenvalue weighted by Crippen LogP contribution is -2.37. The fourth-order valence-electron chi connectivity index (χ4n) is 3.12. The maximum Gasteiger partial charge on any atom is 0.410 e. The van der Waals surface area contributed by atoms with Gasteiger partial charge in [0.1, 0.15) is 17.1 Å². The van der Waals surface area contributed by atoms with Gasteiger partial charge in [0.15, 0.2) is 0 Å². The zero-order valence-corrected chi connectivity index (χ0v) is 14.8. The van der Waals surface area contributed by atoms with Crippen LogP contribution >= 0.6 is 0 Å². The molecule has 0 radical (unpaired) electrons. The van der Waals surface area contributed by atoms with Crippen LogP contribution in [0, 0.1) is 6.92 Å². The molecule has 22 heavy (non-hydrogen) atoms. The van der Waals surface area contributed by atoms with Crippen LogP contribution in [-0.2, 0) is 10.2 Å². The van der Waals surface area contributed by atoms with Crippen molar-refractivity contribution in [3.63, 3.8) is 0 Å². The van der Waals surface area contributed by atoms with Crippen molar-refractivity contribution in [1.82, 2.24) is 10.1 Å². The monoisotopic (exact) mass is 308 g/mol. The number of carbonyl (C=O) groups is 1. The number of aromatic nitrogens is 1. The molecule has 0 aromatic carbocycles. The highest BCUT2D eigenvalue weighted by atomic mass is 16.6. The van der Waals surface area contributed by atoms with Gasteiger partial charge in [0.05, 0.1) is 6.04 Å². The van der Waals surface area contributed by atoms with Gasteiger partial charge in [-0.25, -0.2) is 4.79 Å². The Morgan fingerprint density at radius 1 is 1.27 bits per heavy atom. The average molecular weight is 308 g/mol. The van der Waals surface area contributed by atoms with E-state index in [-0.39, 0.29) is 17.6 Å². The molecule has 1 fully saturated rings. The molecule has 1 aromatic heterocycles. The van der Waals surface area contributed by atoms with E-state index in [1.165, 1.54) is 0 Å². The van der Waals surface area contributed by atoms with Crippen molar-refractivity contribution in [1.29, 1.82) is 0 Å². The SMILES string of the molecule is Cc1onc(C2CCCN2C(=O)OC(C)(C)C)c1C(C)(C)C. The first kappa shape index (κ1) is 16.8. The molecule has 0 spiro atoms. The van der Waals surface area contributed by atoms with Gasteiger partial charge >= 0.3 is 6.09 Å². The number of aryl methyl sites for hydroxylation is 1. The highest BCUT2D eigenvalue weighted by Gasteiger charge is 2.38. The zero-order valence-electron chi connectivity index (χ0n) is 14.8. The minimum atomic E-state index is -0.489. The lowest BCUT2D eigenvalue weighted by atomic mass is 9.83. The number of hydrogen-bond donors (Lipinski definition) is 0. The second-order valence-corrected chi connectivity index (χ2v) is 8.08. The molecular weight excluding hydrogens is 280 g/mol. The van der Waals surface area contributed by atoms with Crippen LogP contribution in [0.2, 0.25) is 0 Å². The highest BCUT2D eigenvalue weighted by molar-refractivity contribution is 5.69. The molecule has 0 aliphatic carbocycles. The first-order valence-corrected chi connectivity index (χ1v) is 7.97. The Bertz CT molecular complexity index is 549. The van der Waals surface area contributed by atoms with Crippen molar-refractivity contribution in [3.8, 4) is 0 Å². The first-order chi connectivity index (χ1) is 10.0. The van der Waals surface area contributed by atoms with Gasteiger partial charge in [-0.05, 0) is 46.0 Å². The summed E-state index contributed by atoms with van der Waals surface area (Å²) >= 11 is 0. The Labute approximate surface area is 133 Å². The van der Waals surface area contributed by atoms with Crippen LogP contribution in [0.1, 0.15) is 77.4 Å². The summed E-state index contributed by atoms with van der Waals surface area (Å²) in [7, 11) is 0. The van der Waals surface area contributed by atoms with Crippen LogP contribution in [-0.4, -0.2) is 28.3 Å². The summed E-state index contributed by atoms with van der Waals surface area (Å²) in [6.07, 6.45) is 1.59. The Morgan fingerprint density at radius 2 is 1.91 bits per heavy atom. The predicted octanol–water partition coefficient (Wildman–Crippen LogP) is 4.35. The van der Waals surface area contributed by atoms with Gasteiger partial charge in [0.2, 0.25) is 0 Å². The molecule has 0 saturated carbocycles. The van der Waals surface area contributed by atoms with Crippen molar-refractivity contribution in [3.05, 3.63) is 17.0 Å². The van der Waals surface area contributed by atoms with Gasteiger partial charge in [0, 0.05) is 12.1 Å². The minimum Gasteiger partial charge on any atom is -0.444 e. The summed E-state index contributed by atoms with van der Waals surface area (Å²) in [5, 5.41) is 4.27. The summed E-state index contributed by atoms with van der Waals surface area (Å²) in [4.78, 5) is 14.2. The number of amides is 1. The van der Waals surface area contributed by atoms with Gasteiger partial charge in [-0.3, -0.25) is 4.90 Å². The standard InChI is InChI=1S/C17H28N2O3/c1-11-13(16(2,3)4)14(18-22-11)12-9-8-10-19(12)15(20)21-17(5,6)7/h12H,8-10H2,1-7H3. The summed E-state index contributed by atoms with van der Waals surface area (Å²) in [5.41, 5.74) is 1.43. The largest absolute Gasteiger partial charge is 0.444 e. The summed E-state index contributed by atoms with van der Waals surface area (Å²) in [5.74, 6) is 0.832.